The number of carbonyl (C=O) groups excluding carboxylic acids is 2. The third-order valence-corrected chi connectivity index (χ3v) is 5.17. The molecule has 0 fully saturated rings. The van der Waals surface area contributed by atoms with Crippen LogP contribution in [-0.2, 0) is 4.79 Å². The molecule has 3 rings (SSSR count). The summed E-state index contributed by atoms with van der Waals surface area (Å²) >= 11 is 7.44. The van der Waals surface area contributed by atoms with Gasteiger partial charge in [-0.1, -0.05) is 11.6 Å². The minimum absolute atomic E-state index is 0.0617. The van der Waals surface area contributed by atoms with Gasteiger partial charge in [-0.15, -0.1) is 0 Å². The first-order chi connectivity index (χ1) is 14.9. The lowest BCUT2D eigenvalue weighted by atomic mass is 10.1. The summed E-state index contributed by atoms with van der Waals surface area (Å²) < 4.78 is 21.5. The number of aliphatic imine (C=N–C) groups is 1. The lowest BCUT2D eigenvalue weighted by Gasteiger charge is -2.14. The topological polar surface area (TPSA) is 109 Å². The fourth-order valence-electron chi connectivity index (χ4n) is 2.72. The molecule has 1 aliphatic rings. The maximum absolute atomic E-state index is 12.7. The molecule has 0 aromatic heterocycles. The van der Waals surface area contributed by atoms with Crippen molar-refractivity contribution in [2.75, 3.05) is 20.8 Å². The van der Waals surface area contributed by atoms with Gasteiger partial charge in [-0.2, -0.15) is 4.99 Å². The van der Waals surface area contributed by atoms with E-state index < -0.39 is 11.9 Å². The molecule has 0 spiro atoms. The van der Waals surface area contributed by atoms with E-state index in [1.54, 1.807) is 37.3 Å². The zero-order valence-electron chi connectivity index (χ0n) is 16.9. The smallest absolute Gasteiger partial charge is 0.343 e. The van der Waals surface area contributed by atoms with Crippen LogP contribution in [0.1, 0.15) is 22.8 Å². The van der Waals surface area contributed by atoms with E-state index in [-0.39, 0.29) is 27.3 Å². The fraction of sp³-hybridized carbons (Fsp3) is 0.190. The van der Waals surface area contributed by atoms with Crippen LogP contribution < -0.4 is 24.7 Å². The monoisotopic (exact) mass is 462 g/mol. The first-order valence-corrected chi connectivity index (χ1v) is 10.2. The Labute approximate surface area is 188 Å². The Morgan fingerprint density at radius 3 is 2.52 bits per heavy atom. The molecule has 0 bridgehead atoms. The number of esters is 1. The van der Waals surface area contributed by atoms with E-state index in [1.807, 2.05) is 0 Å². The summed E-state index contributed by atoms with van der Waals surface area (Å²) in [7, 11) is 2.97. The Kier molecular flexibility index (Phi) is 7.09. The Hall–Kier alpha value is -3.17. The van der Waals surface area contributed by atoms with Crippen LogP contribution in [0, 0.1) is 0 Å². The molecule has 1 aliphatic heterocycles. The summed E-state index contributed by atoms with van der Waals surface area (Å²) in [4.78, 5) is 28.6. The predicted octanol–water partition coefficient (Wildman–Crippen LogP) is 3.90. The van der Waals surface area contributed by atoms with E-state index in [0.29, 0.717) is 28.6 Å². The highest BCUT2D eigenvalue weighted by atomic mass is 35.5. The second-order valence-corrected chi connectivity index (χ2v) is 7.56. The zero-order chi connectivity index (χ0) is 22.5. The molecule has 2 aromatic carbocycles. The minimum Gasteiger partial charge on any atom is -0.493 e. The summed E-state index contributed by atoms with van der Waals surface area (Å²) in [6.45, 7) is 2.09. The lowest BCUT2D eigenvalue weighted by molar-refractivity contribution is -0.113. The quantitative estimate of drug-likeness (QED) is 0.374. The number of ether oxygens (including phenoxy) is 4. The highest BCUT2D eigenvalue weighted by Gasteiger charge is 2.22. The number of methoxy groups -OCH3 is 2. The van der Waals surface area contributed by atoms with Crippen molar-refractivity contribution in [1.29, 1.82) is 0 Å². The molecule has 1 amide bonds. The van der Waals surface area contributed by atoms with Crippen molar-refractivity contribution in [2.45, 2.75) is 6.92 Å². The van der Waals surface area contributed by atoms with Crippen LogP contribution >= 0.6 is 23.4 Å². The van der Waals surface area contributed by atoms with Gasteiger partial charge in [-0.05, 0) is 60.7 Å². The summed E-state index contributed by atoms with van der Waals surface area (Å²) in [6.07, 6.45) is 1.59. The first-order valence-electron chi connectivity index (χ1n) is 9.04. The average molecular weight is 463 g/mol. The van der Waals surface area contributed by atoms with Crippen LogP contribution in [0.15, 0.2) is 40.2 Å². The largest absolute Gasteiger partial charge is 0.493 e. The van der Waals surface area contributed by atoms with E-state index in [0.717, 1.165) is 11.8 Å². The van der Waals surface area contributed by atoms with E-state index in [4.69, 9.17) is 36.3 Å². The summed E-state index contributed by atoms with van der Waals surface area (Å²) in [5.74, 6) is 0.0912. The molecule has 10 heteroatoms. The Balaban J connectivity index is 1.91. The molecule has 1 heterocycles. The van der Waals surface area contributed by atoms with Crippen molar-refractivity contribution in [3.05, 3.63) is 51.4 Å². The molecule has 0 atom stereocenters. The van der Waals surface area contributed by atoms with Gasteiger partial charge >= 0.3 is 5.97 Å². The van der Waals surface area contributed by atoms with Crippen molar-refractivity contribution in [2.24, 2.45) is 10.7 Å². The van der Waals surface area contributed by atoms with Crippen LogP contribution in [0.25, 0.3) is 6.08 Å². The van der Waals surface area contributed by atoms with Gasteiger partial charge in [0.15, 0.2) is 28.2 Å². The van der Waals surface area contributed by atoms with Gasteiger partial charge in [-0.3, -0.25) is 4.79 Å². The third kappa shape index (κ3) is 5.12. The van der Waals surface area contributed by atoms with E-state index >= 15 is 0 Å². The van der Waals surface area contributed by atoms with Crippen LogP contribution in [0.4, 0.5) is 0 Å². The number of hydrogen-bond acceptors (Lipinski definition) is 8. The maximum Gasteiger partial charge on any atom is 0.343 e. The minimum atomic E-state index is -0.655. The SMILES string of the molecule is CCOc1cc(/C=C2/SC(N)=NC2=O)cc(Cl)c1OC(=O)c1ccc(OC)c(OC)c1. The number of nitrogens with zero attached hydrogens (tertiary/aromatic N) is 1. The first kappa shape index (κ1) is 22.5. The second-order valence-electron chi connectivity index (χ2n) is 6.09. The number of nitrogens with two attached hydrogens (primary N) is 1. The highest BCUT2D eigenvalue weighted by molar-refractivity contribution is 8.18. The van der Waals surface area contributed by atoms with Crippen molar-refractivity contribution < 1.29 is 28.5 Å². The van der Waals surface area contributed by atoms with Crippen molar-refractivity contribution in [3.63, 3.8) is 0 Å². The Morgan fingerprint density at radius 2 is 1.90 bits per heavy atom. The summed E-state index contributed by atoms with van der Waals surface area (Å²) in [5.41, 5.74) is 6.38. The number of rotatable bonds is 7. The molecule has 2 N–H and O–H groups in total. The number of thioether (sulfide) groups is 1. The number of benzene rings is 2. The number of carbonyl (C=O) groups is 2. The van der Waals surface area contributed by atoms with E-state index in [1.165, 1.54) is 20.3 Å². The van der Waals surface area contributed by atoms with Crippen LogP contribution in [-0.4, -0.2) is 37.9 Å². The molecule has 0 unspecified atom stereocenters. The number of amides is 1. The Bertz CT molecular complexity index is 1100. The van der Waals surface area contributed by atoms with Crippen molar-refractivity contribution in [1.82, 2.24) is 0 Å². The van der Waals surface area contributed by atoms with Crippen LogP contribution in [0.2, 0.25) is 5.02 Å². The molecular formula is C21H19ClN2O6S. The molecule has 0 saturated carbocycles. The lowest BCUT2D eigenvalue weighted by Crippen LogP contribution is -2.10. The molecule has 0 aliphatic carbocycles. The van der Waals surface area contributed by atoms with Crippen molar-refractivity contribution in [3.8, 4) is 23.0 Å². The molecule has 0 radical (unpaired) electrons. The molecule has 8 nitrogen and oxygen atoms in total. The molecule has 162 valence electrons. The van der Waals surface area contributed by atoms with Gasteiger partial charge in [0.05, 0.1) is 36.3 Å². The van der Waals surface area contributed by atoms with Gasteiger partial charge in [-0.25, -0.2) is 4.79 Å². The maximum atomic E-state index is 12.7. The van der Waals surface area contributed by atoms with E-state index in [2.05, 4.69) is 4.99 Å². The molecule has 0 saturated heterocycles. The number of hydrogen-bond donors (Lipinski definition) is 1. The summed E-state index contributed by atoms with van der Waals surface area (Å²) in [6, 6.07) is 7.81. The van der Waals surface area contributed by atoms with Gasteiger partial charge in [0.25, 0.3) is 5.91 Å². The second kappa shape index (κ2) is 9.76. The number of amidine groups is 1. The standard InChI is InChI=1S/C21H19ClN2O6S/c1-4-29-16-8-11(9-17-19(25)24-21(23)31-17)7-13(22)18(16)30-20(26)12-5-6-14(27-2)15(10-12)28-3/h5-10H,4H2,1-3H3,(H2,23,24,25)/b17-9+. The normalized spacial score (nSPS) is 14.4. The summed E-state index contributed by atoms with van der Waals surface area (Å²) in [5, 5.41) is 0.309. The van der Waals surface area contributed by atoms with Crippen molar-refractivity contribution >= 4 is 46.5 Å². The Morgan fingerprint density at radius 1 is 1.16 bits per heavy atom. The van der Waals surface area contributed by atoms with Gasteiger partial charge in [0.2, 0.25) is 0 Å². The average Bonchev–Trinajstić information content (AvgIpc) is 3.06. The fourth-order valence-corrected chi connectivity index (χ4v) is 3.66. The molecular weight excluding hydrogens is 444 g/mol. The van der Waals surface area contributed by atoms with Gasteiger partial charge < -0.3 is 24.7 Å². The van der Waals surface area contributed by atoms with Crippen LogP contribution in [0.3, 0.4) is 0 Å². The highest BCUT2D eigenvalue weighted by Crippen LogP contribution is 2.39. The number of halogens is 1. The molecule has 31 heavy (non-hydrogen) atoms. The van der Waals surface area contributed by atoms with E-state index in [9.17, 15) is 9.59 Å². The van der Waals surface area contributed by atoms with Gasteiger partial charge in [0.1, 0.15) is 0 Å². The zero-order valence-corrected chi connectivity index (χ0v) is 18.5. The molecule has 2 aromatic rings. The van der Waals surface area contributed by atoms with Crippen LogP contribution in [0.5, 0.6) is 23.0 Å². The predicted molar refractivity (Wildman–Crippen MR) is 119 cm³/mol. The third-order valence-electron chi connectivity index (χ3n) is 4.08. The van der Waals surface area contributed by atoms with Gasteiger partial charge in [0, 0.05) is 0 Å².